The number of aliphatic imine (C=N–C) groups is 1. The SMILES string of the molecule is O=C(C[C@@H]1SC(=Nc2ccccc2)N(C[C@@H]2CCCO2)C1=O)Nc1cc(C(F)(F)F)ccc1Cl. The standard InChI is InChI=1S/C23H21ClF3N3O3S/c24-17-9-8-14(23(25,26)27)11-18(17)29-20(31)12-19-21(32)30(13-16-7-4-10-33-16)22(34-19)28-15-5-2-1-3-6-15/h1-3,5-6,8-9,11,16,19H,4,7,10,12-13H2,(H,29,31)/t16-,19-/m0/s1. The number of thioether (sulfide) groups is 1. The summed E-state index contributed by atoms with van der Waals surface area (Å²) in [4.78, 5) is 31.9. The van der Waals surface area contributed by atoms with E-state index in [-0.39, 0.29) is 29.1 Å². The summed E-state index contributed by atoms with van der Waals surface area (Å²) in [5, 5.41) is 2.06. The Bertz CT molecular complexity index is 1090. The molecule has 2 aromatic carbocycles. The molecule has 34 heavy (non-hydrogen) atoms. The Kier molecular flexibility index (Phi) is 7.49. The molecule has 180 valence electrons. The lowest BCUT2D eigenvalue weighted by Gasteiger charge is -2.20. The first-order valence-corrected chi connectivity index (χ1v) is 11.9. The lowest BCUT2D eigenvalue weighted by molar-refractivity contribution is -0.137. The van der Waals surface area contributed by atoms with Crippen LogP contribution in [0, 0.1) is 0 Å². The van der Waals surface area contributed by atoms with Crippen molar-refractivity contribution in [1.29, 1.82) is 0 Å². The number of ether oxygens (including phenoxy) is 1. The minimum atomic E-state index is -4.58. The molecule has 2 saturated heterocycles. The fourth-order valence-electron chi connectivity index (χ4n) is 3.67. The number of hydrogen-bond donors (Lipinski definition) is 1. The van der Waals surface area contributed by atoms with Crippen LogP contribution in [0.3, 0.4) is 0 Å². The Labute approximate surface area is 203 Å². The molecule has 4 rings (SSSR count). The third-order valence-electron chi connectivity index (χ3n) is 5.35. The molecule has 0 radical (unpaired) electrons. The average molecular weight is 512 g/mol. The Balaban J connectivity index is 1.49. The molecular weight excluding hydrogens is 491 g/mol. The van der Waals surface area contributed by atoms with Crippen LogP contribution in [0.4, 0.5) is 24.5 Å². The maximum atomic E-state index is 13.1. The summed E-state index contributed by atoms with van der Waals surface area (Å²) in [5.74, 6) is -0.912. The minimum Gasteiger partial charge on any atom is -0.376 e. The minimum absolute atomic E-state index is 0.0295. The van der Waals surface area contributed by atoms with Crippen molar-refractivity contribution < 1.29 is 27.5 Å². The molecule has 0 spiro atoms. The molecular formula is C23H21ClF3N3O3S. The van der Waals surface area contributed by atoms with Crippen molar-refractivity contribution in [1.82, 2.24) is 4.90 Å². The number of alkyl halides is 3. The zero-order chi connectivity index (χ0) is 24.3. The van der Waals surface area contributed by atoms with Crippen LogP contribution in [0.15, 0.2) is 53.5 Å². The number of hydrogen-bond acceptors (Lipinski definition) is 5. The number of nitrogens with zero attached hydrogens (tertiary/aromatic N) is 2. The number of amidine groups is 1. The Morgan fingerprint density at radius 1 is 1.24 bits per heavy atom. The second-order valence-electron chi connectivity index (χ2n) is 7.86. The number of nitrogens with one attached hydrogen (secondary N) is 1. The zero-order valence-electron chi connectivity index (χ0n) is 17.8. The maximum absolute atomic E-state index is 13.1. The van der Waals surface area contributed by atoms with E-state index in [1.54, 1.807) is 12.1 Å². The van der Waals surface area contributed by atoms with E-state index in [0.717, 1.165) is 42.8 Å². The molecule has 0 aliphatic carbocycles. The van der Waals surface area contributed by atoms with Gasteiger partial charge in [0, 0.05) is 13.0 Å². The highest BCUT2D eigenvalue weighted by molar-refractivity contribution is 8.15. The van der Waals surface area contributed by atoms with E-state index in [9.17, 15) is 22.8 Å². The van der Waals surface area contributed by atoms with Crippen molar-refractivity contribution in [2.75, 3.05) is 18.5 Å². The summed E-state index contributed by atoms with van der Waals surface area (Å²) in [6.07, 6.45) is -3.19. The highest BCUT2D eigenvalue weighted by Gasteiger charge is 2.41. The van der Waals surface area contributed by atoms with Crippen molar-refractivity contribution in [2.45, 2.75) is 36.8 Å². The lowest BCUT2D eigenvalue weighted by Crippen LogP contribution is -2.38. The van der Waals surface area contributed by atoms with Gasteiger partial charge < -0.3 is 10.1 Å². The molecule has 2 aromatic rings. The van der Waals surface area contributed by atoms with E-state index in [2.05, 4.69) is 10.3 Å². The summed E-state index contributed by atoms with van der Waals surface area (Å²) in [6.45, 7) is 0.962. The summed E-state index contributed by atoms with van der Waals surface area (Å²) >= 11 is 7.12. The maximum Gasteiger partial charge on any atom is 0.416 e. The summed E-state index contributed by atoms with van der Waals surface area (Å²) in [7, 11) is 0. The molecule has 2 heterocycles. The molecule has 2 atom stereocenters. The number of carbonyl (C=O) groups excluding carboxylic acids is 2. The van der Waals surface area contributed by atoms with E-state index < -0.39 is 22.9 Å². The van der Waals surface area contributed by atoms with Gasteiger partial charge in [0.05, 0.1) is 34.6 Å². The van der Waals surface area contributed by atoms with Crippen LogP contribution < -0.4 is 5.32 Å². The normalized spacial score (nSPS) is 21.9. The highest BCUT2D eigenvalue weighted by atomic mass is 35.5. The van der Waals surface area contributed by atoms with Crippen LogP contribution >= 0.6 is 23.4 Å². The first kappa shape index (κ1) is 24.6. The van der Waals surface area contributed by atoms with Crippen LogP contribution in [0.25, 0.3) is 0 Å². The predicted molar refractivity (Wildman–Crippen MR) is 125 cm³/mol. The molecule has 1 N–H and O–H groups in total. The van der Waals surface area contributed by atoms with Crippen LogP contribution in [0.5, 0.6) is 0 Å². The summed E-state index contributed by atoms with van der Waals surface area (Å²) < 4.78 is 44.7. The number of halogens is 4. The third-order valence-corrected chi connectivity index (χ3v) is 6.85. The monoisotopic (exact) mass is 511 g/mol. The molecule has 0 bridgehead atoms. The van der Waals surface area contributed by atoms with Crippen molar-refractivity contribution >= 4 is 51.7 Å². The summed E-state index contributed by atoms with van der Waals surface area (Å²) in [6, 6.07) is 11.8. The van der Waals surface area contributed by atoms with Gasteiger partial charge in [-0.2, -0.15) is 13.2 Å². The number of amides is 2. The second-order valence-corrected chi connectivity index (χ2v) is 9.44. The molecule has 2 aliphatic rings. The molecule has 2 amide bonds. The van der Waals surface area contributed by atoms with Gasteiger partial charge >= 0.3 is 6.18 Å². The number of para-hydroxylation sites is 1. The van der Waals surface area contributed by atoms with Gasteiger partial charge in [0.2, 0.25) is 11.8 Å². The number of benzene rings is 2. The van der Waals surface area contributed by atoms with Gasteiger partial charge in [0.25, 0.3) is 0 Å². The average Bonchev–Trinajstić information content (AvgIpc) is 3.40. The highest BCUT2D eigenvalue weighted by Crippen LogP contribution is 2.35. The van der Waals surface area contributed by atoms with E-state index in [4.69, 9.17) is 16.3 Å². The number of rotatable bonds is 6. The molecule has 11 heteroatoms. The largest absolute Gasteiger partial charge is 0.416 e. The van der Waals surface area contributed by atoms with E-state index in [0.29, 0.717) is 24.0 Å². The Morgan fingerprint density at radius 2 is 2.00 bits per heavy atom. The smallest absolute Gasteiger partial charge is 0.376 e. The quantitative estimate of drug-likeness (QED) is 0.556. The van der Waals surface area contributed by atoms with Crippen LogP contribution in [0.1, 0.15) is 24.8 Å². The van der Waals surface area contributed by atoms with E-state index >= 15 is 0 Å². The fraction of sp³-hybridized carbons (Fsp3) is 0.348. The van der Waals surface area contributed by atoms with Gasteiger partial charge in [0.15, 0.2) is 5.17 Å². The predicted octanol–water partition coefficient (Wildman–Crippen LogP) is 5.50. The van der Waals surface area contributed by atoms with Crippen molar-refractivity contribution in [3.05, 3.63) is 59.1 Å². The fourth-order valence-corrected chi connectivity index (χ4v) is 5.00. The van der Waals surface area contributed by atoms with Gasteiger partial charge in [-0.05, 0) is 43.2 Å². The van der Waals surface area contributed by atoms with Crippen LogP contribution in [-0.2, 0) is 20.5 Å². The van der Waals surface area contributed by atoms with Gasteiger partial charge in [-0.25, -0.2) is 4.99 Å². The van der Waals surface area contributed by atoms with Crippen LogP contribution in [0.2, 0.25) is 5.02 Å². The summed E-state index contributed by atoms with van der Waals surface area (Å²) in [5.41, 5.74) is -0.430. The lowest BCUT2D eigenvalue weighted by atomic mass is 10.1. The van der Waals surface area contributed by atoms with Crippen molar-refractivity contribution in [3.63, 3.8) is 0 Å². The van der Waals surface area contributed by atoms with E-state index in [1.165, 1.54) is 4.90 Å². The van der Waals surface area contributed by atoms with Crippen LogP contribution in [-0.4, -0.2) is 46.4 Å². The molecule has 2 aliphatic heterocycles. The molecule has 0 unspecified atom stereocenters. The molecule has 0 saturated carbocycles. The van der Waals surface area contributed by atoms with Crippen molar-refractivity contribution in [3.8, 4) is 0 Å². The van der Waals surface area contributed by atoms with E-state index in [1.807, 2.05) is 18.2 Å². The number of anilines is 1. The van der Waals surface area contributed by atoms with Gasteiger partial charge in [0.1, 0.15) is 5.25 Å². The topological polar surface area (TPSA) is 71.0 Å². The first-order valence-electron chi connectivity index (χ1n) is 10.6. The van der Waals surface area contributed by atoms with Crippen molar-refractivity contribution in [2.24, 2.45) is 4.99 Å². The van der Waals surface area contributed by atoms with Gasteiger partial charge in [-0.3, -0.25) is 14.5 Å². The Hall–Kier alpha value is -2.56. The zero-order valence-corrected chi connectivity index (χ0v) is 19.4. The molecule has 0 aromatic heterocycles. The molecule has 6 nitrogen and oxygen atoms in total. The second kappa shape index (κ2) is 10.4. The first-order chi connectivity index (χ1) is 16.2. The van der Waals surface area contributed by atoms with Gasteiger partial charge in [-0.1, -0.05) is 41.6 Å². The third kappa shape index (κ3) is 5.92. The number of carbonyl (C=O) groups is 2. The Morgan fingerprint density at radius 3 is 2.68 bits per heavy atom. The molecule has 2 fully saturated rings. The van der Waals surface area contributed by atoms with Gasteiger partial charge in [-0.15, -0.1) is 0 Å².